The molecule has 0 bridgehead atoms. The Morgan fingerprint density at radius 3 is 2.48 bits per heavy atom. The molecule has 2 heterocycles. The van der Waals surface area contributed by atoms with Gasteiger partial charge in [0.25, 0.3) is 5.91 Å². The number of hydrogen-bond donors (Lipinski definition) is 1. The van der Waals surface area contributed by atoms with E-state index in [-0.39, 0.29) is 5.91 Å². The molecular formula is C16H16ClN3O. The van der Waals surface area contributed by atoms with E-state index >= 15 is 0 Å². The van der Waals surface area contributed by atoms with Crippen LogP contribution in [0, 0.1) is 0 Å². The summed E-state index contributed by atoms with van der Waals surface area (Å²) in [7, 11) is 0. The van der Waals surface area contributed by atoms with Gasteiger partial charge < -0.3 is 10.2 Å². The highest BCUT2D eigenvalue weighted by atomic mass is 35.5. The fourth-order valence-electron chi connectivity index (χ4n) is 2.46. The highest BCUT2D eigenvalue weighted by molar-refractivity contribution is 6.29. The molecule has 5 heteroatoms. The van der Waals surface area contributed by atoms with E-state index in [0.717, 1.165) is 18.8 Å². The molecule has 1 N–H and O–H groups in total. The van der Waals surface area contributed by atoms with Gasteiger partial charge in [0.05, 0.1) is 0 Å². The molecule has 3 rings (SSSR count). The summed E-state index contributed by atoms with van der Waals surface area (Å²) in [5.41, 5.74) is 2.27. The van der Waals surface area contributed by atoms with Crippen LogP contribution in [-0.4, -0.2) is 24.0 Å². The molecule has 0 radical (unpaired) electrons. The molecule has 1 saturated heterocycles. The molecular weight excluding hydrogens is 286 g/mol. The Kier molecular flexibility index (Phi) is 4.06. The number of benzene rings is 1. The first-order valence-corrected chi connectivity index (χ1v) is 7.39. The van der Waals surface area contributed by atoms with Gasteiger partial charge in [0.15, 0.2) is 0 Å². The van der Waals surface area contributed by atoms with Crippen molar-refractivity contribution in [3.05, 3.63) is 53.3 Å². The minimum Gasteiger partial charge on any atom is -0.372 e. The summed E-state index contributed by atoms with van der Waals surface area (Å²) < 4.78 is 0. The van der Waals surface area contributed by atoms with Crippen LogP contribution in [0.15, 0.2) is 42.5 Å². The number of carbonyl (C=O) groups is 1. The van der Waals surface area contributed by atoms with Gasteiger partial charge in [-0.3, -0.25) is 4.79 Å². The van der Waals surface area contributed by atoms with Crippen molar-refractivity contribution < 1.29 is 4.79 Å². The van der Waals surface area contributed by atoms with Crippen molar-refractivity contribution >= 4 is 28.9 Å². The summed E-state index contributed by atoms with van der Waals surface area (Å²) >= 11 is 5.79. The van der Waals surface area contributed by atoms with Crippen LogP contribution >= 0.6 is 11.6 Å². The van der Waals surface area contributed by atoms with Crippen LogP contribution in [0.25, 0.3) is 0 Å². The molecule has 4 nitrogen and oxygen atoms in total. The molecule has 0 atom stereocenters. The molecule has 0 saturated carbocycles. The maximum Gasteiger partial charge on any atom is 0.274 e. The standard InChI is InChI=1S/C16H16ClN3O/c17-15-5-3-4-14(19-15)16(21)18-12-6-8-13(9-7-12)20-10-1-2-11-20/h3-9H,1-2,10-11H2,(H,18,21). The molecule has 1 aliphatic heterocycles. The Morgan fingerprint density at radius 1 is 1.10 bits per heavy atom. The Balaban J connectivity index is 1.68. The minimum absolute atomic E-state index is 0.258. The second-order valence-corrected chi connectivity index (χ2v) is 5.43. The first-order valence-electron chi connectivity index (χ1n) is 7.01. The predicted molar refractivity (Wildman–Crippen MR) is 85.1 cm³/mol. The fraction of sp³-hybridized carbons (Fsp3) is 0.250. The Labute approximate surface area is 128 Å². The molecule has 2 aromatic rings. The lowest BCUT2D eigenvalue weighted by Crippen LogP contribution is -2.17. The minimum atomic E-state index is -0.258. The van der Waals surface area contributed by atoms with Crippen molar-refractivity contribution in [2.75, 3.05) is 23.3 Å². The smallest absolute Gasteiger partial charge is 0.274 e. The van der Waals surface area contributed by atoms with Gasteiger partial charge in [-0.1, -0.05) is 17.7 Å². The highest BCUT2D eigenvalue weighted by Crippen LogP contribution is 2.22. The first kappa shape index (κ1) is 13.9. The van der Waals surface area contributed by atoms with Gasteiger partial charge >= 0.3 is 0 Å². The number of hydrogen-bond acceptors (Lipinski definition) is 3. The van der Waals surface area contributed by atoms with Crippen molar-refractivity contribution in [3.63, 3.8) is 0 Å². The van der Waals surface area contributed by atoms with Crippen LogP contribution in [0.4, 0.5) is 11.4 Å². The molecule has 0 spiro atoms. The number of halogens is 1. The lowest BCUT2D eigenvalue weighted by Gasteiger charge is -2.17. The topological polar surface area (TPSA) is 45.2 Å². The van der Waals surface area contributed by atoms with Gasteiger partial charge in [0.1, 0.15) is 10.8 Å². The average molecular weight is 302 g/mol. The summed E-state index contributed by atoms with van der Waals surface area (Å²) in [6, 6.07) is 12.9. The molecule has 1 fully saturated rings. The quantitative estimate of drug-likeness (QED) is 0.881. The number of pyridine rings is 1. The van der Waals surface area contributed by atoms with Crippen molar-refractivity contribution in [2.24, 2.45) is 0 Å². The van der Waals surface area contributed by atoms with Crippen LogP contribution in [0.5, 0.6) is 0 Å². The number of aromatic nitrogens is 1. The van der Waals surface area contributed by atoms with E-state index in [0.29, 0.717) is 10.8 Å². The lowest BCUT2D eigenvalue weighted by molar-refractivity contribution is 0.102. The van der Waals surface area contributed by atoms with Crippen molar-refractivity contribution in [3.8, 4) is 0 Å². The second-order valence-electron chi connectivity index (χ2n) is 5.04. The summed E-state index contributed by atoms with van der Waals surface area (Å²) in [6.45, 7) is 2.22. The van der Waals surface area contributed by atoms with Gasteiger partial charge in [0, 0.05) is 24.5 Å². The molecule has 1 aromatic carbocycles. The van der Waals surface area contributed by atoms with Gasteiger partial charge in [-0.05, 0) is 49.2 Å². The number of anilines is 2. The Bertz CT molecular complexity index is 636. The Morgan fingerprint density at radius 2 is 1.81 bits per heavy atom. The van der Waals surface area contributed by atoms with E-state index < -0.39 is 0 Å². The van der Waals surface area contributed by atoms with Crippen molar-refractivity contribution in [1.29, 1.82) is 0 Å². The van der Waals surface area contributed by atoms with Crippen LogP contribution in [-0.2, 0) is 0 Å². The van der Waals surface area contributed by atoms with E-state index in [1.165, 1.54) is 18.5 Å². The summed E-state index contributed by atoms with van der Waals surface area (Å²) in [6.07, 6.45) is 2.50. The molecule has 0 unspecified atom stereocenters. The van der Waals surface area contributed by atoms with E-state index in [4.69, 9.17) is 11.6 Å². The number of carbonyl (C=O) groups excluding carboxylic acids is 1. The van der Waals surface area contributed by atoms with Crippen LogP contribution in [0.1, 0.15) is 23.3 Å². The maximum absolute atomic E-state index is 12.1. The zero-order valence-corrected chi connectivity index (χ0v) is 12.3. The third-order valence-corrected chi connectivity index (χ3v) is 3.75. The molecule has 1 aromatic heterocycles. The van der Waals surface area contributed by atoms with Gasteiger partial charge in [-0.2, -0.15) is 0 Å². The van der Waals surface area contributed by atoms with E-state index in [2.05, 4.69) is 15.2 Å². The predicted octanol–water partition coefficient (Wildman–Crippen LogP) is 3.59. The summed E-state index contributed by atoms with van der Waals surface area (Å²) in [4.78, 5) is 18.4. The molecule has 1 amide bonds. The fourth-order valence-corrected chi connectivity index (χ4v) is 2.62. The third kappa shape index (κ3) is 3.34. The monoisotopic (exact) mass is 301 g/mol. The molecule has 21 heavy (non-hydrogen) atoms. The Hall–Kier alpha value is -2.07. The van der Waals surface area contributed by atoms with E-state index in [1.54, 1.807) is 18.2 Å². The van der Waals surface area contributed by atoms with Gasteiger partial charge in [-0.25, -0.2) is 4.98 Å². The third-order valence-electron chi connectivity index (χ3n) is 3.54. The normalized spacial score (nSPS) is 14.2. The van der Waals surface area contributed by atoms with Crippen LogP contribution in [0.3, 0.4) is 0 Å². The number of amides is 1. The zero-order chi connectivity index (χ0) is 14.7. The van der Waals surface area contributed by atoms with Gasteiger partial charge in [0.2, 0.25) is 0 Å². The number of nitrogens with one attached hydrogen (secondary N) is 1. The second kappa shape index (κ2) is 6.14. The zero-order valence-electron chi connectivity index (χ0n) is 11.6. The number of nitrogens with zero attached hydrogens (tertiary/aromatic N) is 2. The highest BCUT2D eigenvalue weighted by Gasteiger charge is 2.12. The van der Waals surface area contributed by atoms with E-state index in [9.17, 15) is 4.79 Å². The molecule has 1 aliphatic rings. The number of rotatable bonds is 3. The largest absolute Gasteiger partial charge is 0.372 e. The molecule has 0 aliphatic carbocycles. The maximum atomic E-state index is 12.1. The SMILES string of the molecule is O=C(Nc1ccc(N2CCCC2)cc1)c1cccc(Cl)n1. The van der Waals surface area contributed by atoms with E-state index in [1.807, 2.05) is 24.3 Å². The van der Waals surface area contributed by atoms with Crippen molar-refractivity contribution in [2.45, 2.75) is 12.8 Å². The molecule has 108 valence electrons. The summed E-state index contributed by atoms with van der Waals surface area (Å²) in [5, 5.41) is 3.14. The summed E-state index contributed by atoms with van der Waals surface area (Å²) in [5.74, 6) is -0.258. The van der Waals surface area contributed by atoms with Gasteiger partial charge in [-0.15, -0.1) is 0 Å². The van der Waals surface area contributed by atoms with Crippen LogP contribution < -0.4 is 10.2 Å². The average Bonchev–Trinajstić information content (AvgIpc) is 3.02. The van der Waals surface area contributed by atoms with Crippen LogP contribution in [0.2, 0.25) is 5.15 Å². The first-order chi connectivity index (χ1) is 10.2. The van der Waals surface area contributed by atoms with Crippen molar-refractivity contribution in [1.82, 2.24) is 4.98 Å². The lowest BCUT2D eigenvalue weighted by atomic mass is 10.2.